The molecule has 5 aromatic rings. The van der Waals surface area contributed by atoms with Crippen LogP contribution in [-0.4, -0.2) is 0 Å². The first-order valence-corrected chi connectivity index (χ1v) is 36.7. The largest absolute Gasteiger partial charge is 0.311 e. The van der Waals surface area contributed by atoms with Crippen LogP contribution in [0, 0.1) is 26.2 Å². The minimum Gasteiger partial charge on any atom is -0.311 e. The van der Waals surface area contributed by atoms with E-state index in [-0.39, 0.29) is 22.2 Å². The van der Waals surface area contributed by atoms with Gasteiger partial charge in [0.15, 0.2) is 0 Å². The highest BCUT2D eigenvalue weighted by Crippen LogP contribution is 2.53. The number of rotatable bonds is 20. The zero-order valence-electron chi connectivity index (χ0n) is 62.8. The number of benzene rings is 5. The van der Waals surface area contributed by atoms with Crippen molar-refractivity contribution in [3.8, 4) is 0 Å². The van der Waals surface area contributed by atoms with Gasteiger partial charge in [-0.05, 0) is 213 Å². The summed E-state index contributed by atoms with van der Waals surface area (Å²) in [7, 11) is 0. The van der Waals surface area contributed by atoms with Crippen molar-refractivity contribution >= 4 is 40.9 Å². The lowest BCUT2D eigenvalue weighted by Gasteiger charge is -2.32. The molecule has 0 aliphatic heterocycles. The van der Waals surface area contributed by atoms with Gasteiger partial charge in [-0.25, -0.2) is 0 Å². The van der Waals surface area contributed by atoms with Gasteiger partial charge in [0.1, 0.15) is 0 Å². The summed E-state index contributed by atoms with van der Waals surface area (Å²) in [6, 6.07) is 36.3. The van der Waals surface area contributed by atoms with E-state index in [9.17, 15) is 0 Å². The fourth-order valence-electron chi connectivity index (χ4n) is 13.7. The van der Waals surface area contributed by atoms with Crippen LogP contribution < -0.4 is 4.90 Å². The fraction of sp³-hybridized carbons (Fsp3) is 0.376. The van der Waals surface area contributed by atoms with E-state index < -0.39 is 0 Å². The van der Waals surface area contributed by atoms with E-state index >= 15 is 0 Å². The Bertz CT molecular complexity index is 3870. The van der Waals surface area contributed by atoms with Gasteiger partial charge in [-0.2, -0.15) is 0 Å². The topological polar surface area (TPSA) is 3.24 Å². The Labute approximate surface area is 584 Å². The maximum atomic E-state index is 4.22. The van der Waals surface area contributed by atoms with Crippen molar-refractivity contribution in [3.63, 3.8) is 0 Å². The van der Waals surface area contributed by atoms with Gasteiger partial charge >= 0.3 is 0 Å². The summed E-state index contributed by atoms with van der Waals surface area (Å²) >= 11 is 1.85. The summed E-state index contributed by atoms with van der Waals surface area (Å²) in [6.45, 7) is 55.2. The predicted molar refractivity (Wildman–Crippen MR) is 428 cm³/mol. The number of allylic oxidation sites excluding steroid dienone is 22. The Morgan fingerprint density at radius 3 is 2.16 bits per heavy atom. The van der Waals surface area contributed by atoms with Crippen molar-refractivity contribution in [1.29, 1.82) is 0 Å². The number of hydrogen-bond donors (Lipinski definition) is 0. The maximum absolute atomic E-state index is 4.22. The monoisotopic (exact) mass is 1280 g/mol. The molecule has 502 valence electrons. The average molecular weight is 1280 g/mol. The second-order valence-corrected chi connectivity index (χ2v) is 29.8. The number of hydrogen-bond acceptors (Lipinski definition) is 2. The predicted octanol–water partition coefficient (Wildman–Crippen LogP) is 28.6. The molecule has 2 unspecified atom stereocenters. The van der Waals surface area contributed by atoms with E-state index in [1.165, 1.54) is 124 Å². The Kier molecular flexibility index (Phi) is 28.7. The van der Waals surface area contributed by atoms with Crippen molar-refractivity contribution in [1.82, 2.24) is 0 Å². The first-order valence-electron chi connectivity index (χ1n) is 35.9. The molecule has 9 rings (SSSR count). The van der Waals surface area contributed by atoms with Crippen LogP contribution in [0.1, 0.15) is 249 Å². The summed E-state index contributed by atoms with van der Waals surface area (Å²) in [5, 5.41) is 0. The van der Waals surface area contributed by atoms with Crippen molar-refractivity contribution in [2.45, 2.75) is 231 Å². The van der Waals surface area contributed by atoms with Crippen LogP contribution in [0.25, 0.3) is 17.7 Å². The Morgan fingerprint density at radius 1 is 0.800 bits per heavy atom. The van der Waals surface area contributed by atoms with E-state index in [1.807, 2.05) is 43.8 Å². The van der Waals surface area contributed by atoms with Crippen LogP contribution in [0.15, 0.2) is 250 Å². The molecule has 0 fully saturated rings. The number of fused-ring (bicyclic) bond motifs is 3. The Hall–Kier alpha value is -7.39. The SMILES string of the molecule is C/C=C(\C1=C(C)CC2=C1C=CCC2)c1ccc(C)cc1.C=C/C=C\C(=C/C)N(c1ccc(SC(/C=C\C(=C/c2cc(C)cc(C(C)(C)C)c2)C(C)(C)C)=C\CC)c(C)c1)c1ccc(C=C)c(CCC)c1C(C)/C=C\CCC.CC.CC1=CCC2C(=C1)C(C)(C)c1ccccc12. The lowest BCUT2D eigenvalue weighted by atomic mass is 9.78. The summed E-state index contributed by atoms with van der Waals surface area (Å²) < 4.78 is 0. The van der Waals surface area contributed by atoms with Crippen LogP contribution in [0.4, 0.5) is 11.4 Å². The van der Waals surface area contributed by atoms with Gasteiger partial charge in [0.25, 0.3) is 0 Å². The van der Waals surface area contributed by atoms with E-state index in [0.717, 1.165) is 49.9 Å². The van der Waals surface area contributed by atoms with Crippen molar-refractivity contribution in [2.75, 3.05) is 4.90 Å². The highest BCUT2D eigenvalue weighted by atomic mass is 32.2. The van der Waals surface area contributed by atoms with E-state index in [4.69, 9.17) is 0 Å². The molecule has 4 aliphatic carbocycles. The van der Waals surface area contributed by atoms with Gasteiger partial charge in [0.2, 0.25) is 0 Å². The minimum absolute atomic E-state index is 0.0152. The second-order valence-electron chi connectivity index (χ2n) is 28.7. The average Bonchev–Trinajstić information content (AvgIpc) is 1.65. The van der Waals surface area contributed by atoms with Crippen molar-refractivity contribution in [3.05, 3.63) is 306 Å². The van der Waals surface area contributed by atoms with Gasteiger partial charge < -0.3 is 4.90 Å². The van der Waals surface area contributed by atoms with Crippen molar-refractivity contribution < 1.29 is 0 Å². The first kappa shape index (κ1) is 76.6. The third kappa shape index (κ3) is 19.7. The van der Waals surface area contributed by atoms with Crippen LogP contribution in [0.2, 0.25) is 0 Å². The van der Waals surface area contributed by atoms with Gasteiger partial charge in [-0.3, -0.25) is 0 Å². The number of aryl methyl sites for hydroxylation is 3. The molecule has 95 heavy (non-hydrogen) atoms. The highest BCUT2D eigenvalue weighted by molar-refractivity contribution is 8.03. The molecule has 0 heterocycles. The normalized spacial score (nSPS) is 16.7. The second kappa shape index (κ2) is 35.6. The zero-order chi connectivity index (χ0) is 69.8. The molecule has 4 aliphatic rings. The van der Waals surface area contributed by atoms with Gasteiger partial charge in [0.05, 0.1) is 5.69 Å². The molecule has 1 nitrogen and oxygen atoms in total. The molecular formula is C93H119NS. The molecular weight excluding hydrogens is 1160 g/mol. The molecule has 0 N–H and O–H groups in total. The molecule has 0 spiro atoms. The molecule has 2 heteroatoms. The molecule has 0 saturated carbocycles. The lowest BCUT2D eigenvalue weighted by molar-refractivity contribution is 0.520. The lowest BCUT2D eigenvalue weighted by Crippen LogP contribution is -2.19. The van der Waals surface area contributed by atoms with Crippen LogP contribution in [0.5, 0.6) is 0 Å². The number of nitrogens with zero attached hydrogens (tertiary/aromatic N) is 1. The Balaban J connectivity index is 0.000000298. The molecule has 0 saturated heterocycles. The Morgan fingerprint density at radius 2 is 1.53 bits per heavy atom. The number of thioether (sulfide) groups is 1. The van der Waals surface area contributed by atoms with E-state index in [2.05, 4.69) is 326 Å². The van der Waals surface area contributed by atoms with Gasteiger partial charge in [-0.15, -0.1) is 0 Å². The first-order chi connectivity index (χ1) is 45.3. The summed E-state index contributed by atoms with van der Waals surface area (Å²) in [4.78, 5) is 4.94. The van der Waals surface area contributed by atoms with Gasteiger partial charge in [0, 0.05) is 38.4 Å². The van der Waals surface area contributed by atoms with E-state index in [0.29, 0.717) is 5.92 Å². The maximum Gasteiger partial charge on any atom is 0.0502 e. The van der Waals surface area contributed by atoms with Crippen LogP contribution >= 0.6 is 11.8 Å². The third-order valence-electron chi connectivity index (χ3n) is 18.8. The molecule has 0 aromatic heterocycles. The molecule has 0 bridgehead atoms. The molecule has 5 aromatic carbocycles. The third-order valence-corrected chi connectivity index (χ3v) is 20.0. The number of anilines is 2. The van der Waals surface area contributed by atoms with Crippen LogP contribution in [0.3, 0.4) is 0 Å². The summed E-state index contributed by atoms with van der Waals surface area (Å²) in [5.74, 6) is 0.870. The fourth-order valence-corrected chi connectivity index (χ4v) is 14.7. The van der Waals surface area contributed by atoms with Crippen molar-refractivity contribution in [2.24, 2.45) is 5.41 Å². The molecule has 0 radical (unpaired) electrons. The quantitative estimate of drug-likeness (QED) is 0.0434. The summed E-state index contributed by atoms with van der Waals surface area (Å²) in [5.41, 5.74) is 30.5. The standard InChI is InChI=1S/C55H73NS.C20H22.C16H18.C2H6/c1-16-22-24-27-41(8)53-50(26-19-4)44(20-5)29-33-51(53)56(47(21-6)28-23-17-2)48-31-34-52(42(9)37-48)57-49(25-18-3)32-30-45(54(10,11)12)38-43-35-40(7)36-46(39-43)55(13,14)15;1-4-18(16-11-9-14(2)10-12-16)20-15(3)13-17-7-5-6-8-19(17)20;1-11-8-9-13-12-6-4-5-7-14(12)16(2,3)15(13)10-11;1-2/h17,20-21,23-25,27-39,41H,2,5,16,18-19,22,26H2,1,3-4,6-15H3;4,6,8-12H,5,7,13H2,1-3H3;4-8,10,13H,9H2,1-3H3;1-2H3/b27-24-,28-23-,32-30-,45-38+,47-21+,49-25-;18-4-;;. The smallest absolute Gasteiger partial charge is 0.0502 e. The molecule has 0 amide bonds. The minimum atomic E-state index is -0.0152. The highest BCUT2D eigenvalue weighted by Gasteiger charge is 2.41. The number of unbranched alkanes of at least 4 members (excludes halogenated alkanes) is 1. The molecule has 2 atom stereocenters. The van der Waals surface area contributed by atoms with E-state index in [1.54, 1.807) is 16.7 Å². The zero-order valence-corrected chi connectivity index (χ0v) is 63.6. The summed E-state index contributed by atoms with van der Waals surface area (Å²) in [6.07, 6.45) is 46.1. The van der Waals surface area contributed by atoms with Crippen LogP contribution in [-0.2, 0) is 17.3 Å². The van der Waals surface area contributed by atoms with Gasteiger partial charge in [-0.1, -0.05) is 326 Å².